The summed E-state index contributed by atoms with van der Waals surface area (Å²) in [4.78, 5) is 5.22. The first-order chi connectivity index (χ1) is 33.0. The van der Waals surface area contributed by atoms with Crippen LogP contribution in [0.4, 0.5) is 0 Å². The van der Waals surface area contributed by atoms with Crippen molar-refractivity contribution in [2.24, 2.45) is 4.99 Å². The van der Waals surface area contributed by atoms with Gasteiger partial charge in [-0.25, -0.2) is 4.99 Å². The van der Waals surface area contributed by atoms with Crippen molar-refractivity contribution in [1.29, 1.82) is 0 Å². The molecule has 2 atom stereocenters. The van der Waals surface area contributed by atoms with Gasteiger partial charge in [-0.15, -0.1) is 0 Å². The molecule has 2 N–H and O–H groups in total. The van der Waals surface area contributed by atoms with Crippen molar-refractivity contribution in [3.05, 3.63) is 264 Å². The summed E-state index contributed by atoms with van der Waals surface area (Å²) in [6, 6.07) is 85.8. The number of hydrogen-bond donors (Lipinski definition) is 2. The molecule has 0 spiro atoms. The first-order valence-corrected chi connectivity index (χ1v) is 23.3. The molecule has 0 saturated heterocycles. The lowest BCUT2D eigenvalue weighted by atomic mass is 9.79. The Morgan fingerprint density at radius 2 is 0.761 bits per heavy atom. The Hall–Kier alpha value is -8.11. The number of amidine groups is 1. The predicted octanol–water partition coefficient (Wildman–Crippen LogP) is 15.8. The minimum atomic E-state index is -0.236. The minimum Gasteiger partial charge on any atom is -0.350 e. The smallest absolute Gasteiger partial charge is 0.131 e. The Kier molecular flexibility index (Phi) is 10.1. The highest BCUT2D eigenvalue weighted by Gasteiger charge is 2.37. The van der Waals surface area contributed by atoms with Gasteiger partial charge in [0.15, 0.2) is 0 Å². The summed E-state index contributed by atoms with van der Waals surface area (Å²) in [5.74, 6) is 0.875. The van der Waals surface area contributed by atoms with Crippen molar-refractivity contribution >= 4 is 16.6 Å². The lowest BCUT2D eigenvalue weighted by Gasteiger charge is -2.32. The molecule has 0 bridgehead atoms. The normalized spacial score (nSPS) is 15.9. The molecule has 3 heteroatoms. The van der Waals surface area contributed by atoms with Gasteiger partial charge in [0.1, 0.15) is 18.2 Å². The summed E-state index contributed by atoms with van der Waals surface area (Å²) < 4.78 is 0. The van der Waals surface area contributed by atoms with Crippen molar-refractivity contribution in [1.82, 2.24) is 10.6 Å². The third-order valence-corrected chi connectivity index (χ3v) is 14.0. The van der Waals surface area contributed by atoms with Crippen molar-refractivity contribution < 1.29 is 0 Å². The molecule has 320 valence electrons. The molecular formula is C64H49N3. The van der Waals surface area contributed by atoms with Gasteiger partial charge in [0.05, 0.1) is 0 Å². The zero-order chi connectivity index (χ0) is 44.9. The van der Waals surface area contributed by atoms with E-state index < -0.39 is 0 Å². The summed E-state index contributed by atoms with van der Waals surface area (Å²) in [6.45, 7) is 4.72. The van der Waals surface area contributed by atoms with E-state index >= 15 is 0 Å². The molecule has 1 aliphatic heterocycles. The van der Waals surface area contributed by atoms with E-state index in [1.165, 1.54) is 88.7 Å². The number of rotatable bonds is 8. The molecule has 10 aromatic carbocycles. The fourth-order valence-corrected chi connectivity index (χ4v) is 10.6. The van der Waals surface area contributed by atoms with Crippen LogP contribution in [0.5, 0.6) is 0 Å². The number of benzene rings is 10. The summed E-state index contributed by atoms with van der Waals surface area (Å²) >= 11 is 0. The van der Waals surface area contributed by atoms with Crippen LogP contribution in [0, 0.1) is 0 Å². The lowest BCUT2D eigenvalue weighted by molar-refractivity contribution is 0.409. The Bertz CT molecular complexity index is 3440. The average molecular weight is 860 g/mol. The maximum Gasteiger partial charge on any atom is 0.131 e. The van der Waals surface area contributed by atoms with Gasteiger partial charge in [-0.2, -0.15) is 0 Å². The van der Waals surface area contributed by atoms with Gasteiger partial charge in [-0.1, -0.05) is 250 Å². The van der Waals surface area contributed by atoms with Crippen LogP contribution in [0.15, 0.2) is 242 Å². The average Bonchev–Trinajstić information content (AvgIpc) is 3.64. The van der Waals surface area contributed by atoms with Crippen molar-refractivity contribution in [3.8, 4) is 66.8 Å². The van der Waals surface area contributed by atoms with E-state index in [4.69, 9.17) is 4.99 Å². The van der Waals surface area contributed by atoms with Gasteiger partial charge in [0.2, 0.25) is 0 Å². The number of nitrogens with one attached hydrogen (secondary N) is 2. The van der Waals surface area contributed by atoms with E-state index in [0.29, 0.717) is 0 Å². The molecule has 0 amide bonds. The van der Waals surface area contributed by atoms with E-state index in [2.05, 4.69) is 255 Å². The van der Waals surface area contributed by atoms with Crippen LogP contribution >= 0.6 is 0 Å². The molecule has 0 saturated carbocycles. The van der Waals surface area contributed by atoms with Crippen LogP contribution in [0.1, 0.15) is 54.0 Å². The second kappa shape index (κ2) is 16.7. The van der Waals surface area contributed by atoms with Crippen LogP contribution in [-0.4, -0.2) is 5.84 Å². The lowest BCUT2D eigenvalue weighted by Crippen LogP contribution is -2.44. The monoisotopic (exact) mass is 859 g/mol. The highest BCUT2D eigenvalue weighted by Crippen LogP contribution is 2.52. The quantitative estimate of drug-likeness (QED) is 0.160. The fraction of sp³-hybridized carbons (Fsp3) is 0.0781. The molecular weight excluding hydrogens is 811 g/mol. The number of aliphatic imine (C=N–C) groups is 1. The maximum absolute atomic E-state index is 5.22. The third kappa shape index (κ3) is 7.35. The third-order valence-electron chi connectivity index (χ3n) is 14.0. The molecule has 2 aliphatic rings. The number of hydrogen-bond acceptors (Lipinski definition) is 3. The molecule has 3 nitrogen and oxygen atoms in total. The Morgan fingerprint density at radius 3 is 1.37 bits per heavy atom. The van der Waals surface area contributed by atoms with Gasteiger partial charge in [0, 0.05) is 11.0 Å². The van der Waals surface area contributed by atoms with Crippen LogP contribution in [0.2, 0.25) is 0 Å². The molecule has 2 unspecified atom stereocenters. The Balaban J connectivity index is 0.799. The molecule has 0 fully saturated rings. The van der Waals surface area contributed by atoms with Crippen LogP contribution in [0.3, 0.4) is 0 Å². The maximum atomic E-state index is 5.22. The summed E-state index contributed by atoms with van der Waals surface area (Å²) in [7, 11) is 0. The zero-order valence-electron chi connectivity index (χ0n) is 37.6. The van der Waals surface area contributed by atoms with Crippen LogP contribution in [-0.2, 0) is 5.41 Å². The summed E-state index contributed by atoms with van der Waals surface area (Å²) in [6.07, 6.45) is -0.361. The van der Waals surface area contributed by atoms with Crippen LogP contribution < -0.4 is 10.6 Å². The molecule has 10 aromatic rings. The van der Waals surface area contributed by atoms with Crippen molar-refractivity contribution in [2.75, 3.05) is 0 Å². The van der Waals surface area contributed by atoms with Gasteiger partial charge in [-0.3, -0.25) is 5.32 Å². The molecule has 67 heavy (non-hydrogen) atoms. The fourth-order valence-electron chi connectivity index (χ4n) is 10.6. The first-order valence-electron chi connectivity index (χ1n) is 23.3. The van der Waals surface area contributed by atoms with Gasteiger partial charge in [-0.05, 0) is 99.8 Å². The second-order valence-electron chi connectivity index (χ2n) is 18.4. The second-order valence-corrected chi connectivity index (χ2v) is 18.4. The summed E-state index contributed by atoms with van der Waals surface area (Å²) in [5, 5.41) is 9.96. The van der Waals surface area contributed by atoms with Gasteiger partial charge < -0.3 is 5.32 Å². The van der Waals surface area contributed by atoms with E-state index in [0.717, 1.165) is 22.5 Å². The predicted molar refractivity (Wildman–Crippen MR) is 280 cm³/mol. The van der Waals surface area contributed by atoms with E-state index in [9.17, 15) is 0 Å². The first kappa shape index (κ1) is 40.4. The molecule has 1 aliphatic carbocycles. The van der Waals surface area contributed by atoms with Crippen LogP contribution in [0.25, 0.3) is 77.5 Å². The summed E-state index contributed by atoms with van der Waals surface area (Å²) in [5.41, 5.74) is 21.0. The minimum absolute atomic E-state index is 0.0552. The van der Waals surface area contributed by atoms with E-state index in [1.54, 1.807) is 0 Å². The largest absolute Gasteiger partial charge is 0.350 e. The van der Waals surface area contributed by atoms with Crippen molar-refractivity contribution in [2.45, 2.75) is 31.6 Å². The van der Waals surface area contributed by atoms with Gasteiger partial charge >= 0.3 is 0 Å². The molecule has 0 aromatic heterocycles. The Morgan fingerprint density at radius 1 is 0.343 bits per heavy atom. The highest BCUT2D eigenvalue weighted by molar-refractivity contribution is 6.04. The topological polar surface area (TPSA) is 36.4 Å². The van der Waals surface area contributed by atoms with E-state index in [1.807, 2.05) is 6.07 Å². The zero-order valence-corrected chi connectivity index (χ0v) is 37.6. The van der Waals surface area contributed by atoms with Crippen molar-refractivity contribution in [3.63, 3.8) is 0 Å². The Labute approximate surface area is 393 Å². The molecule has 1 heterocycles. The standard InChI is InChI=1S/C64H49N3/c1-64(2)59-25-10-9-18-57(59)58-24-13-21-54(60(58)64)48-34-28-45(29-35-48)44-26-32-46(33-27-44)52-19-11-23-56-53(20-12-22-55(52)56)47-36-40-51(41-37-47)63-66-61(49-16-7-4-8-17-49)65-62(67-63)50-38-30-43(31-39-50)42-14-5-3-6-15-42/h3-41,62-63,67H,1-2H3,(H,65,66). The SMILES string of the molecule is CC1(C)c2ccccc2-c2cccc(-c3ccc(-c4ccc(-c5cccc6c(-c7ccc(C8N=C(c9ccccc9)NC(c9ccc(-c%10ccccc%10)cc9)N8)cc7)cccc56)cc4)cc3)c21. The van der Waals surface area contributed by atoms with Gasteiger partial charge in [0.25, 0.3) is 0 Å². The van der Waals surface area contributed by atoms with E-state index in [-0.39, 0.29) is 17.7 Å². The molecule has 12 rings (SSSR count). The number of fused-ring (bicyclic) bond motifs is 4. The highest BCUT2D eigenvalue weighted by atomic mass is 15.3. The number of nitrogens with zero attached hydrogens (tertiary/aromatic N) is 1. The molecule has 0 radical (unpaired) electrons.